The highest BCUT2D eigenvalue weighted by molar-refractivity contribution is 5.96. The fraction of sp³-hybridized carbons (Fsp3) is 0.381. The van der Waals surface area contributed by atoms with Crippen molar-refractivity contribution in [2.24, 2.45) is 0 Å². The van der Waals surface area contributed by atoms with E-state index >= 15 is 0 Å². The van der Waals surface area contributed by atoms with Crippen molar-refractivity contribution < 1.29 is 27.4 Å². The van der Waals surface area contributed by atoms with Gasteiger partial charge in [-0.1, -0.05) is 24.3 Å². The minimum Gasteiger partial charge on any atom is -0.490 e. The van der Waals surface area contributed by atoms with Crippen molar-refractivity contribution in [3.8, 4) is 11.5 Å². The summed E-state index contributed by atoms with van der Waals surface area (Å²) in [5, 5.41) is 3.15. The maximum absolute atomic E-state index is 12.7. The zero-order chi connectivity index (χ0) is 20.4. The first-order valence-electron chi connectivity index (χ1n) is 9.17. The summed E-state index contributed by atoms with van der Waals surface area (Å²) in [4.78, 5) is 12.1. The van der Waals surface area contributed by atoms with E-state index in [1.165, 1.54) is 12.1 Å². The van der Waals surface area contributed by atoms with Crippen LogP contribution in [0.4, 0.5) is 13.2 Å². The SMILES string of the molecule is CCOc1ccccc1OCCNCCCC(=O)c1cccc(C(F)(F)F)c1. The van der Waals surface area contributed by atoms with E-state index in [2.05, 4.69) is 5.32 Å². The summed E-state index contributed by atoms with van der Waals surface area (Å²) < 4.78 is 49.3. The van der Waals surface area contributed by atoms with Gasteiger partial charge in [-0.05, 0) is 44.2 Å². The van der Waals surface area contributed by atoms with E-state index in [4.69, 9.17) is 9.47 Å². The minimum absolute atomic E-state index is 0.0886. The number of ether oxygens (including phenoxy) is 2. The Morgan fingerprint density at radius 3 is 2.39 bits per heavy atom. The zero-order valence-electron chi connectivity index (χ0n) is 15.7. The number of carbonyl (C=O) groups is 1. The first-order valence-corrected chi connectivity index (χ1v) is 9.17. The Hall–Kier alpha value is -2.54. The van der Waals surface area contributed by atoms with Crippen LogP contribution >= 0.6 is 0 Å². The molecule has 152 valence electrons. The maximum atomic E-state index is 12.7. The van der Waals surface area contributed by atoms with E-state index < -0.39 is 11.7 Å². The van der Waals surface area contributed by atoms with Crippen molar-refractivity contribution in [3.63, 3.8) is 0 Å². The molecule has 0 amide bonds. The standard InChI is InChI=1S/C21H24F3NO3/c1-2-27-19-10-3-4-11-20(19)28-14-13-25-12-6-9-18(26)16-7-5-8-17(15-16)21(22,23)24/h3-5,7-8,10-11,15,25H,2,6,9,12-14H2,1H3. The summed E-state index contributed by atoms with van der Waals surface area (Å²) in [5.41, 5.74) is -0.716. The molecule has 0 aliphatic heterocycles. The van der Waals surface area contributed by atoms with Gasteiger partial charge in [0, 0.05) is 18.5 Å². The summed E-state index contributed by atoms with van der Waals surface area (Å²) in [6.45, 7) is 4.04. The van der Waals surface area contributed by atoms with Crippen LogP contribution in [0.25, 0.3) is 0 Å². The number of hydrogen-bond donors (Lipinski definition) is 1. The third-order valence-electron chi connectivity index (χ3n) is 3.95. The highest BCUT2D eigenvalue weighted by Crippen LogP contribution is 2.29. The normalized spacial score (nSPS) is 11.3. The first-order chi connectivity index (χ1) is 13.4. The summed E-state index contributed by atoms with van der Waals surface area (Å²) in [7, 11) is 0. The number of hydrogen-bond acceptors (Lipinski definition) is 4. The smallest absolute Gasteiger partial charge is 0.416 e. The quantitative estimate of drug-likeness (QED) is 0.441. The van der Waals surface area contributed by atoms with Crippen LogP contribution in [-0.2, 0) is 6.18 Å². The molecule has 0 saturated carbocycles. The second-order valence-electron chi connectivity index (χ2n) is 6.08. The molecule has 0 atom stereocenters. The maximum Gasteiger partial charge on any atom is 0.416 e. The largest absolute Gasteiger partial charge is 0.490 e. The molecule has 0 aliphatic carbocycles. The molecule has 2 aromatic rings. The van der Waals surface area contributed by atoms with E-state index in [9.17, 15) is 18.0 Å². The molecule has 0 heterocycles. The number of nitrogens with one attached hydrogen (secondary N) is 1. The lowest BCUT2D eigenvalue weighted by molar-refractivity contribution is -0.137. The van der Waals surface area contributed by atoms with Gasteiger partial charge in [0.15, 0.2) is 17.3 Å². The highest BCUT2D eigenvalue weighted by atomic mass is 19.4. The monoisotopic (exact) mass is 395 g/mol. The van der Waals surface area contributed by atoms with Gasteiger partial charge in [0.05, 0.1) is 12.2 Å². The number of alkyl halides is 3. The number of halogens is 3. The van der Waals surface area contributed by atoms with Crippen molar-refractivity contribution in [2.75, 3.05) is 26.3 Å². The second-order valence-corrected chi connectivity index (χ2v) is 6.08. The van der Waals surface area contributed by atoms with Gasteiger partial charge in [-0.25, -0.2) is 0 Å². The number of benzene rings is 2. The van der Waals surface area contributed by atoms with Crippen LogP contribution in [-0.4, -0.2) is 32.1 Å². The van der Waals surface area contributed by atoms with Crippen LogP contribution in [0.5, 0.6) is 11.5 Å². The molecular formula is C21H24F3NO3. The average Bonchev–Trinajstić information content (AvgIpc) is 2.68. The fourth-order valence-electron chi connectivity index (χ4n) is 2.59. The molecule has 1 N–H and O–H groups in total. The van der Waals surface area contributed by atoms with E-state index in [1.807, 2.05) is 31.2 Å². The molecule has 2 aromatic carbocycles. The summed E-state index contributed by atoms with van der Waals surface area (Å²) >= 11 is 0. The van der Waals surface area contributed by atoms with Crippen LogP contribution < -0.4 is 14.8 Å². The molecule has 2 rings (SSSR count). The van der Waals surface area contributed by atoms with Gasteiger partial charge in [0.25, 0.3) is 0 Å². The molecule has 0 saturated heterocycles. The van der Waals surface area contributed by atoms with E-state index in [-0.39, 0.29) is 17.8 Å². The third-order valence-corrected chi connectivity index (χ3v) is 3.95. The summed E-state index contributed by atoms with van der Waals surface area (Å²) in [6.07, 6.45) is -3.73. The lowest BCUT2D eigenvalue weighted by atomic mass is 10.0. The number of para-hydroxylation sites is 2. The van der Waals surface area contributed by atoms with Crippen molar-refractivity contribution in [2.45, 2.75) is 25.9 Å². The van der Waals surface area contributed by atoms with E-state index in [0.717, 1.165) is 12.1 Å². The number of rotatable bonds is 11. The summed E-state index contributed by atoms with van der Waals surface area (Å²) in [6, 6.07) is 11.9. The molecule has 7 heteroatoms. The molecular weight excluding hydrogens is 371 g/mol. The zero-order valence-corrected chi connectivity index (χ0v) is 15.7. The first kappa shape index (κ1) is 21.8. The van der Waals surface area contributed by atoms with Crippen molar-refractivity contribution in [1.82, 2.24) is 5.32 Å². The highest BCUT2D eigenvalue weighted by Gasteiger charge is 2.30. The predicted molar refractivity (Wildman–Crippen MR) is 101 cm³/mol. The molecule has 0 aromatic heterocycles. The Labute approximate surface area is 162 Å². The van der Waals surface area contributed by atoms with Crippen molar-refractivity contribution in [1.29, 1.82) is 0 Å². The van der Waals surface area contributed by atoms with Gasteiger partial charge in [-0.2, -0.15) is 13.2 Å². The molecule has 0 unspecified atom stereocenters. The lowest BCUT2D eigenvalue weighted by Crippen LogP contribution is -2.22. The van der Waals surface area contributed by atoms with Crippen LogP contribution in [0.1, 0.15) is 35.7 Å². The average molecular weight is 395 g/mol. The molecule has 0 radical (unpaired) electrons. The predicted octanol–water partition coefficient (Wildman–Crippen LogP) is 4.74. The Balaban J connectivity index is 1.66. The van der Waals surface area contributed by atoms with Crippen molar-refractivity contribution >= 4 is 5.78 Å². The van der Waals surface area contributed by atoms with Crippen LogP contribution in [0, 0.1) is 0 Å². The van der Waals surface area contributed by atoms with Crippen LogP contribution in [0.3, 0.4) is 0 Å². The Kier molecular flexibility index (Phi) is 8.32. The molecule has 0 spiro atoms. The Bertz CT molecular complexity index is 763. The molecule has 4 nitrogen and oxygen atoms in total. The molecule has 0 fully saturated rings. The lowest BCUT2D eigenvalue weighted by Gasteiger charge is -2.12. The topological polar surface area (TPSA) is 47.6 Å². The fourth-order valence-corrected chi connectivity index (χ4v) is 2.59. The molecule has 0 bridgehead atoms. The number of Topliss-reactive ketones (excluding diaryl/α,β-unsaturated/α-hetero) is 1. The van der Waals surface area contributed by atoms with Gasteiger partial charge in [-0.15, -0.1) is 0 Å². The van der Waals surface area contributed by atoms with Crippen LogP contribution in [0.15, 0.2) is 48.5 Å². The molecule has 28 heavy (non-hydrogen) atoms. The summed E-state index contributed by atoms with van der Waals surface area (Å²) in [5.74, 6) is 1.07. The number of ketones is 1. The van der Waals surface area contributed by atoms with Gasteiger partial charge in [0.1, 0.15) is 6.61 Å². The Morgan fingerprint density at radius 1 is 1.00 bits per heavy atom. The Morgan fingerprint density at radius 2 is 1.71 bits per heavy atom. The molecule has 0 aliphatic rings. The number of carbonyl (C=O) groups excluding carboxylic acids is 1. The van der Waals surface area contributed by atoms with Gasteiger partial charge in [-0.3, -0.25) is 4.79 Å². The minimum atomic E-state index is -4.45. The van der Waals surface area contributed by atoms with Gasteiger partial charge >= 0.3 is 6.18 Å². The van der Waals surface area contributed by atoms with Gasteiger partial charge in [0.2, 0.25) is 0 Å². The third kappa shape index (κ3) is 6.88. The van der Waals surface area contributed by atoms with E-state index in [1.54, 1.807) is 0 Å². The van der Waals surface area contributed by atoms with Crippen molar-refractivity contribution in [3.05, 3.63) is 59.7 Å². The van der Waals surface area contributed by atoms with E-state index in [0.29, 0.717) is 44.2 Å². The second kappa shape index (κ2) is 10.7. The van der Waals surface area contributed by atoms with Gasteiger partial charge < -0.3 is 14.8 Å². The van der Waals surface area contributed by atoms with Crippen LogP contribution in [0.2, 0.25) is 0 Å².